The van der Waals surface area contributed by atoms with E-state index in [0.717, 1.165) is 12.0 Å². The lowest BCUT2D eigenvalue weighted by Crippen LogP contribution is -2.35. The highest BCUT2D eigenvalue weighted by molar-refractivity contribution is 5.68. The number of nitrogens with one attached hydrogen (secondary N) is 1. The summed E-state index contributed by atoms with van der Waals surface area (Å²) < 4.78 is 5.20. The predicted octanol–water partition coefficient (Wildman–Crippen LogP) is 3.23. The summed E-state index contributed by atoms with van der Waals surface area (Å²) in [5, 5.41) is 11.6. The van der Waals surface area contributed by atoms with Crippen LogP contribution in [0.1, 0.15) is 39.2 Å². The van der Waals surface area contributed by atoms with E-state index in [4.69, 9.17) is 9.84 Å². The van der Waals surface area contributed by atoms with Crippen LogP contribution >= 0.6 is 0 Å². The molecular formula is C17H25NO4. The van der Waals surface area contributed by atoms with Crippen LogP contribution in [0.4, 0.5) is 4.79 Å². The molecule has 22 heavy (non-hydrogen) atoms. The molecule has 1 rings (SSSR count). The van der Waals surface area contributed by atoms with E-state index in [1.807, 2.05) is 30.3 Å². The first-order valence-corrected chi connectivity index (χ1v) is 7.49. The third kappa shape index (κ3) is 8.29. The minimum Gasteiger partial charge on any atom is -0.481 e. The van der Waals surface area contributed by atoms with Gasteiger partial charge in [0.1, 0.15) is 5.60 Å². The number of carbonyl (C=O) groups is 2. The van der Waals surface area contributed by atoms with E-state index in [1.165, 1.54) is 0 Å². The van der Waals surface area contributed by atoms with Gasteiger partial charge in [0.2, 0.25) is 0 Å². The van der Waals surface area contributed by atoms with Crippen LogP contribution < -0.4 is 5.32 Å². The molecule has 0 heterocycles. The number of rotatable bonds is 7. The molecule has 1 aromatic rings. The van der Waals surface area contributed by atoms with E-state index in [2.05, 4.69) is 5.32 Å². The molecule has 0 aromatic heterocycles. The quantitative estimate of drug-likeness (QED) is 0.811. The molecule has 0 saturated heterocycles. The summed E-state index contributed by atoms with van der Waals surface area (Å²) in [5.41, 5.74) is 0.587. The van der Waals surface area contributed by atoms with Crippen LogP contribution in [-0.2, 0) is 16.0 Å². The molecule has 0 saturated carbocycles. The number of benzene rings is 1. The Morgan fingerprint density at radius 1 is 1.23 bits per heavy atom. The largest absolute Gasteiger partial charge is 0.481 e. The highest BCUT2D eigenvalue weighted by Gasteiger charge is 2.18. The van der Waals surface area contributed by atoms with Gasteiger partial charge in [0, 0.05) is 13.0 Å². The van der Waals surface area contributed by atoms with E-state index < -0.39 is 17.7 Å². The van der Waals surface area contributed by atoms with Crippen molar-refractivity contribution in [3.8, 4) is 0 Å². The van der Waals surface area contributed by atoms with Crippen molar-refractivity contribution >= 4 is 12.1 Å². The Morgan fingerprint density at radius 3 is 2.41 bits per heavy atom. The van der Waals surface area contributed by atoms with Crippen molar-refractivity contribution in [1.82, 2.24) is 5.32 Å². The Balaban J connectivity index is 2.54. The van der Waals surface area contributed by atoms with Crippen LogP contribution in [0.2, 0.25) is 0 Å². The zero-order valence-electron chi connectivity index (χ0n) is 13.5. The van der Waals surface area contributed by atoms with Gasteiger partial charge in [-0.3, -0.25) is 4.79 Å². The maximum Gasteiger partial charge on any atom is 0.407 e. The van der Waals surface area contributed by atoms with Gasteiger partial charge >= 0.3 is 12.1 Å². The van der Waals surface area contributed by atoms with Crippen molar-refractivity contribution in [1.29, 1.82) is 0 Å². The number of aliphatic carboxylic acids is 1. The number of hydrogen-bond donors (Lipinski definition) is 2. The van der Waals surface area contributed by atoms with Crippen molar-refractivity contribution in [2.45, 2.75) is 45.6 Å². The van der Waals surface area contributed by atoms with E-state index in [0.29, 0.717) is 13.0 Å². The molecule has 1 aromatic carbocycles. The molecule has 1 atom stereocenters. The topological polar surface area (TPSA) is 75.6 Å². The van der Waals surface area contributed by atoms with E-state index in [9.17, 15) is 9.59 Å². The number of carboxylic acid groups (broad SMARTS) is 1. The normalized spacial score (nSPS) is 12.5. The van der Waals surface area contributed by atoms with Crippen LogP contribution in [0.3, 0.4) is 0 Å². The molecule has 0 spiro atoms. The molecule has 0 fully saturated rings. The molecule has 0 bridgehead atoms. The highest BCUT2D eigenvalue weighted by atomic mass is 16.6. The fourth-order valence-electron chi connectivity index (χ4n) is 2.09. The summed E-state index contributed by atoms with van der Waals surface area (Å²) in [6.07, 6.45) is 0.859. The van der Waals surface area contributed by atoms with Crippen molar-refractivity contribution in [2.75, 3.05) is 6.54 Å². The van der Waals surface area contributed by atoms with E-state index in [1.54, 1.807) is 20.8 Å². The molecule has 2 N–H and O–H groups in total. The van der Waals surface area contributed by atoms with Crippen molar-refractivity contribution in [3.05, 3.63) is 35.9 Å². The molecule has 0 unspecified atom stereocenters. The summed E-state index contributed by atoms with van der Waals surface area (Å²) in [7, 11) is 0. The second-order valence-corrected chi connectivity index (χ2v) is 6.37. The van der Waals surface area contributed by atoms with Crippen LogP contribution in [0.25, 0.3) is 0 Å². The monoisotopic (exact) mass is 307 g/mol. The van der Waals surface area contributed by atoms with Gasteiger partial charge in [0.05, 0.1) is 0 Å². The zero-order valence-corrected chi connectivity index (χ0v) is 13.5. The number of carboxylic acids is 1. The lowest BCUT2D eigenvalue weighted by molar-refractivity contribution is -0.137. The standard InChI is InChI=1S/C17H25NO4/c1-17(2,3)22-16(21)18-12-14(9-10-15(19)20)11-13-7-5-4-6-8-13/h4-8,14H,9-12H2,1-3H3,(H,18,21)(H,19,20)/t14-/m0/s1. The average molecular weight is 307 g/mol. The smallest absolute Gasteiger partial charge is 0.407 e. The van der Waals surface area contributed by atoms with Gasteiger partial charge in [-0.25, -0.2) is 4.79 Å². The van der Waals surface area contributed by atoms with Gasteiger partial charge in [-0.1, -0.05) is 30.3 Å². The van der Waals surface area contributed by atoms with Crippen molar-refractivity contribution in [2.24, 2.45) is 5.92 Å². The van der Waals surface area contributed by atoms with E-state index in [-0.39, 0.29) is 12.3 Å². The molecule has 5 heteroatoms. The van der Waals surface area contributed by atoms with Crippen molar-refractivity contribution in [3.63, 3.8) is 0 Å². The number of ether oxygens (including phenoxy) is 1. The van der Waals surface area contributed by atoms with Gasteiger partial charge in [-0.15, -0.1) is 0 Å². The lowest BCUT2D eigenvalue weighted by Gasteiger charge is -2.22. The van der Waals surface area contributed by atoms with E-state index >= 15 is 0 Å². The molecule has 1 amide bonds. The second kappa shape index (κ2) is 8.41. The van der Waals surface area contributed by atoms with Crippen LogP contribution in [0.5, 0.6) is 0 Å². The van der Waals surface area contributed by atoms with Gasteiger partial charge in [0.25, 0.3) is 0 Å². The summed E-state index contributed by atoms with van der Waals surface area (Å²) in [4.78, 5) is 22.5. The molecule has 0 aliphatic carbocycles. The van der Waals surface area contributed by atoms with Crippen LogP contribution in [0.15, 0.2) is 30.3 Å². The van der Waals surface area contributed by atoms with Crippen molar-refractivity contribution < 1.29 is 19.4 Å². The zero-order chi connectivity index (χ0) is 16.6. The SMILES string of the molecule is CC(C)(C)OC(=O)NC[C@@H](CCC(=O)O)Cc1ccccc1. The summed E-state index contributed by atoms with van der Waals surface area (Å²) in [6.45, 7) is 5.81. The molecule has 0 aliphatic rings. The maximum atomic E-state index is 11.7. The van der Waals surface area contributed by atoms with Gasteiger partial charge in [0.15, 0.2) is 0 Å². The number of carbonyl (C=O) groups excluding carboxylic acids is 1. The average Bonchev–Trinajstić information content (AvgIpc) is 2.41. The summed E-state index contributed by atoms with van der Waals surface area (Å²) in [5.74, 6) is -0.763. The molecule has 122 valence electrons. The Labute approximate surface area is 131 Å². The van der Waals surface area contributed by atoms with Crippen LogP contribution in [0, 0.1) is 5.92 Å². The first kappa shape index (κ1) is 18.0. The van der Waals surface area contributed by atoms with Gasteiger partial charge in [-0.05, 0) is 45.1 Å². The predicted molar refractivity (Wildman–Crippen MR) is 84.7 cm³/mol. The fourth-order valence-corrected chi connectivity index (χ4v) is 2.09. The highest BCUT2D eigenvalue weighted by Crippen LogP contribution is 2.14. The molecule has 0 aliphatic heterocycles. The van der Waals surface area contributed by atoms with Crippen LogP contribution in [-0.4, -0.2) is 29.3 Å². The Bertz CT molecular complexity index is 479. The van der Waals surface area contributed by atoms with Gasteiger partial charge < -0.3 is 15.2 Å². The Morgan fingerprint density at radius 2 is 1.86 bits per heavy atom. The number of alkyl carbamates (subject to hydrolysis) is 1. The summed E-state index contributed by atoms with van der Waals surface area (Å²) in [6, 6.07) is 9.84. The first-order chi connectivity index (χ1) is 10.3. The second-order valence-electron chi connectivity index (χ2n) is 6.37. The number of hydrogen-bond acceptors (Lipinski definition) is 3. The first-order valence-electron chi connectivity index (χ1n) is 7.49. The third-order valence-corrected chi connectivity index (χ3v) is 3.07. The Hall–Kier alpha value is -2.04. The summed E-state index contributed by atoms with van der Waals surface area (Å²) >= 11 is 0. The minimum absolute atomic E-state index is 0.0611. The fraction of sp³-hybridized carbons (Fsp3) is 0.529. The molecular weight excluding hydrogens is 282 g/mol. The molecule has 5 nitrogen and oxygen atoms in total. The van der Waals surface area contributed by atoms with Gasteiger partial charge in [-0.2, -0.15) is 0 Å². The minimum atomic E-state index is -0.824. The lowest BCUT2D eigenvalue weighted by atomic mass is 9.94. The molecule has 0 radical (unpaired) electrons. The maximum absolute atomic E-state index is 11.7. The number of amides is 1. The Kier molecular flexibility index (Phi) is 6.89. The third-order valence-electron chi connectivity index (χ3n) is 3.07.